The molecule has 0 spiro atoms. The van der Waals surface area contributed by atoms with E-state index in [1.54, 1.807) is 0 Å². The quantitative estimate of drug-likeness (QED) is 0.644. The van der Waals surface area contributed by atoms with E-state index in [1.807, 2.05) is 48.5 Å². The van der Waals surface area contributed by atoms with Gasteiger partial charge in [0.15, 0.2) is 0 Å². The maximum absolute atomic E-state index is 12.8. The van der Waals surface area contributed by atoms with E-state index in [4.69, 9.17) is 5.26 Å². The smallest absolute Gasteiger partial charge is 0.227 e. The van der Waals surface area contributed by atoms with Crippen molar-refractivity contribution in [3.8, 4) is 6.07 Å². The summed E-state index contributed by atoms with van der Waals surface area (Å²) in [4.78, 5) is 14.9. The molecule has 3 nitrogen and oxygen atoms in total. The minimum atomic E-state index is 0.247. The molecule has 0 aliphatic carbocycles. The maximum Gasteiger partial charge on any atom is 0.227 e. The van der Waals surface area contributed by atoms with E-state index < -0.39 is 0 Å². The van der Waals surface area contributed by atoms with Crippen molar-refractivity contribution >= 4 is 16.7 Å². The van der Waals surface area contributed by atoms with Crippen molar-refractivity contribution in [2.45, 2.75) is 38.1 Å². The number of hydrogen-bond acceptors (Lipinski definition) is 2. The van der Waals surface area contributed by atoms with Crippen LogP contribution in [0.4, 0.5) is 0 Å². The van der Waals surface area contributed by atoms with Crippen LogP contribution in [0.15, 0.2) is 66.7 Å². The minimum absolute atomic E-state index is 0.247. The molecule has 0 unspecified atom stereocenters. The van der Waals surface area contributed by atoms with Gasteiger partial charge in [0.2, 0.25) is 5.91 Å². The number of amides is 1. The Morgan fingerprint density at radius 3 is 2.61 bits per heavy atom. The molecule has 28 heavy (non-hydrogen) atoms. The zero-order chi connectivity index (χ0) is 19.3. The maximum atomic E-state index is 12.8. The van der Waals surface area contributed by atoms with E-state index in [0.29, 0.717) is 18.0 Å². The van der Waals surface area contributed by atoms with Gasteiger partial charge in [0, 0.05) is 12.6 Å². The van der Waals surface area contributed by atoms with Gasteiger partial charge in [-0.05, 0) is 59.7 Å². The van der Waals surface area contributed by atoms with E-state index in [9.17, 15) is 4.79 Å². The highest BCUT2D eigenvalue weighted by Gasteiger charge is 2.28. The number of rotatable bonds is 5. The molecule has 0 N–H and O–H groups in total. The second-order valence-electron chi connectivity index (χ2n) is 7.59. The number of nitriles is 1. The Kier molecular flexibility index (Phi) is 5.39. The van der Waals surface area contributed by atoms with E-state index in [2.05, 4.69) is 29.2 Å². The number of carbonyl (C=O) groups excluding carboxylic acids is 1. The molecule has 1 atom stereocenters. The van der Waals surface area contributed by atoms with Crippen LogP contribution in [-0.2, 0) is 17.6 Å². The number of benzene rings is 3. The Morgan fingerprint density at radius 2 is 1.79 bits per heavy atom. The normalized spacial score (nSPS) is 16.2. The summed E-state index contributed by atoms with van der Waals surface area (Å²) in [6.45, 7) is 0.880. The Bertz CT molecular complexity index is 1020. The van der Waals surface area contributed by atoms with E-state index in [0.717, 1.165) is 43.2 Å². The van der Waals surface area contributed by atoms with Gasteiger partial charge in [0.1, 0.15) is 0 Å². The summed E-state index contributed by atoms with van der Waals surface area (Å²) in [5.74, 6) is 0.247. The zero-order valence-corrected chi connectivity index (χ0v) is 16.0. The molecule has 3 heteroatoms. The van der Waals surface area contributed by atoms with Gasteiger partial charge in [-0.1, -0.05) is 54.6 Å². The van der Waals surface area contributed by atoms with Gasteiger partial charge >= 0.3 is 0 Å². The predicted octanol–water partition coefficient (Wildman–Crippen LogP) is 4.88. The van der Waals surface area contributed by atoms with Crippen LogP contribution in [0.25, 0.3) is 10.8 Å². The average molecular weight is 368 g/mol. The molecule has 1 aliphatic rings. The summed E-state index contributed by atoms with van der Waals surface area (Å²) in [6, 6.07) is 24.8. The average Bonchev–Trinajstić information content (AvgIpc) is 3.21. The zero-order valence-electron chi connectivity index (χ0n) is 16.0. The van der Waals surface area contributed by atoms with Crippen molar-refractivity contribution < 1.29 is 4.79 Å². The Morgan fingerprint density at radius 1 is 1.00 bits per heavy atom. The first-order valence-corrected chi connectivity index (χ1v) is 9.99. The molecule has 0 saturated carbocycles. The highest BCUT2D eigenvalue weighted by Crippen LogP contribution is 2.24. The van der Waals surface area contributed by atoms with E-state index >= 15 is 0 Å². The molecule has 1 aliphatic heterocycles. The first-order valence-electron chi connectivity index (χ1n) is 9.99. The molecule has 0 bridgehead atoms. The molecule has 3 aromatic rings. The van der Waals surface area contributed by atoms with Crippen LogP contribution >= 0.6 is 0 Å². The molecule has 0 radical (unpaired) electrons. The van der Waals surface area contributed by atoms with Crippen LogP contribution in [0.5, 0.6) is 0 Å². The van der Waals surface area contributed by atoms with Gasteiger partial charge < -0.3 is 4.90 Å². The summed E-state index contributed by atoms with van der Waals surface area (Å²) in [5.41, 5.74) is 3.07. The highest BCUT2D eigenvalue weighted by atomic mass is 16.2. The van der Waals surface area contributed by atoms with Crippen molar-refractivity contribution in [3.63, 3.8) is 0 Å². The summed E-state index contributed by atoms with van der Waals surface area (Å²) in [5, 5.41) is 11.3. The topological polar surface area (TPSA) is 44.1 Å². The molecule has 0 aromatic heterocycles. The van der Waals surface area contributed by atoms with Crippen molar-refractivity contribution in [2.24, 2.45) is 0 Å². The molecular weight excluding hydrogens is 344 g/mol. The first-order chi connectivity index (χ1) is 13.7. The van der Waals surface area contributed by atoms with Gasteiger partial charge in [0.05, 0.1) is 18.1 Å². The number of carbonyl (C=O) groups is 1. The second-order valence-corrected chi connectivity index (χ2v) is 7.59. The summed E-state index contributed by atoms with van der Waals surface area (Å²) >= 11 is 0. The summed E-state index contributed by atoms with van der Waals surface area (Å²) in [6.07, 6.45) is 4.66. The molecule has 140 valence electrons. The number of likely N-dealkylation sites (tertiary alicyclic amines) is 1. The van der Waals surface area contributed by atoms with E-state index in [-0.39, 0.29) is 5.91 Å². The molecule has 1 heterocycles. The SMILES string of the molecule is N#Cc1ccc2cc(CC[C@H]3CCCN3C(=O)Cc3ccccc3)ccc2c1. The Balaban J connectivity index is 1.40. The standard InChI is InChI=1S/C25H24N2O/c26-18-21-9-12-22-15-20(8-11-23(22)16-21)10-13-24-7-4-14-27(24)25(28)17-19-5-2-1-3-6-19/h1-3,5-6,8-9,11-12,15-16,24H,4,7,10,13-14,17H2/t24-/m1/s1. The summed E-state index contributed by atoms with van der Waals surface area (Å²) < 4.78 is 0. The molecule has 4 rings (SSSR count). The molecule has 1 amide bonds. The van der Waals surface area contributed by atoms with Crippen LogP contribution < -0.4 is 0 Å². The van der Waals surface area contributed by atoms with Crippen LogP contribution in [0, 0.1) is 11.3 Å². The third-order valence-electron chi connectivity index (χ3n) is 5.70. The van der Waals surface area contributed by atoms with Gasteiger partial charge in [-0.2, -0.15) is 5.26 Å². The first kappa shape index (κ1) is 18.3. The molecule has 1 saturated heterocycles. The fourth-order valence-electron chi connectivity index (χ4n) is 4.19. The van der Waals surface area contributed by atoms with Crippen LogP contribution in [-0.4, -0.2) is 23.4 Å². The largest absolute Gasteiger partial charge is 0.339 e. The Labute approximate surface area is 166 Å². The second kappa shape index (κ2) is 8.27. The molecule has 3 aromatic carbocycles. The third kappa shape index (κ3) is 4.07. The fraction of sp³-hybridized carbons (Fsp3) is 0.280. The Hall–Kier alpha value is -3.12. The van der Waals surface area contributed by atoms with Crippen molar-refractivity contribution in [2.75, 3.05) is 6.54 Å². The lowest BCUT2D eigenvalue weighted by molar-refractivity contribution is -0.131. The molecular formula is C25H24N2O. The number of nitrogens with zero attached hydrogens (tertiary/aromatic N) is 2. The van der Waals surface area contributed by atoms with Crippen molar-refractivity contribution in [1.82, 2.24) is 4.90 Å². The van der Waals surface area contributed by atoms with Crippen LogP contribution in [0.1, 0.15) is 36.0 Å². The monoisotopic (exact) mass is 368 g/mol. The number of aryl methyl sites for hydroxylation is 1. The number of hydrogen-bond donors (Lipinski definition) is 0. The van der Waals surface area contributed by atoms with Gasteiger partial charge in [-0.15, -0.1) is 0 Å². The minimum Gasteiger partial charge on any atom is -0.339 e. The van der Waals surface area contributed by atoms with Gasteiger partial charge in [0.25, 0.3) is 0 Å². The fourth-order valence-corrected chi connectivity index (χ4v) is 4.19. The highest BCUT2D eigenvalue weighted by molar-refractivity contribution is 5.84. The van der Waals surface area contributed by atoms with E-state index in [1.165, 1.54) is 10.9 Å². The van der Waals surface area contributed by atoms with Gasteiger partial charge in [-0.3, -0.25) is 4.79 Å². The van der Waals surface area contributed by atoms with Crippen molar-refractivity contribution in [1.29, 1.82) is 5.26 Å². The molecule has 1 fully saturated rings. The third-order valence-corrected chi connectivity index (χ3v) is 5.70. The lowest BCUT2D eigenvalue weighted by Gasteiger charge is -2.25. The predicted molar refractivity (Wildman–Crippen MR) is 112 cm³/mol. The van der Waals surface area contributed by atoms with Gasteiger partial charge in [-0.25, -0.2) is 0 Å². The van der Waals surface area contributed by atoms with Crippen molar-refractivity contribution in [3.05, 3.63) is 83.4 Å². The lowest BCUT2D eigenvalue weighted by Crippen LogP contribution is -2.36. The number of fused-ring (bicyclic) bond motifs is 1. The lowest BCUT2D eigenvalue weighted by atomic mass is 9.99. The van der Waals surface area contributed by atoms with Crippen LogP contribution in [0.3, 0.4) is 0 Å². The summed E-state index contributed by atoms with van der Waals surface area (Å²) in [7, 11) is 0. The van der Waals surface area contributed by atoms with Crippen LogP contribution in [0.2, 0.25) is 0 Å².